The summed E-state index contributed by atoms with van der Waals surface area (Å²) in [5.74, 6) is -1.52. The lowest BCUT2D eigenvalue weighted by Gasteiger charge is -2.32. The van der Waals surface area contributed by atoms with Gasteiger partial charge in [-0.05, 0) is 29.7 Å². The van der Waals surface area contributed by atoms with Crippen LogP contribution < -0.4 is 0 Å². The Bertz CT molecular complexity index is 168. The van der Waals surface area contributed by atoms with Crippen molar-refractivity contribution in [2.75, 3.05) is 0 Å². The van der Waals surface area contributed by atoms with E-state index < -0.39 is 18.2 Å². The van der Waals surface area contributed by atoms with Crippen LogP contribution in [0.2, 0.25) is 0 Å². The summed E-state index contributed by atoms with van der Waals surface area (Å²) in [5, 5.41) is 0. The number of rotatable bonds is 1. The molecule has 0 aromatic carbocycles. The van der Waals surface area contributed by atoms with Gasteiger partial charge in [-0.1, -0.05) is 6.92 Å². The van der Waals surface area contributed by atoms with Crippen LogP contribution in [-0.4, -0.2) is 12.3 Å². The van der Waals surface area contributed by atoms with Crippen LogP contribution in [0.5, 0.6) is 0 Å². The molecule has 5 heteroatoms. The van der Waals surface area contributed by atoms with Gasteiger partial charge >= 0.3 is 6.18 Å². The molecule has 0 spiro atoms. The summed E-state index contributed by atoms with van der Waals surface area (Å²) < 4.78 is 48.4. The maximum atomic E-state index is 12.2. The largest absolute Gasteiger partial charge is 0.391 e. The topological polar surface area (TPSA) is 9.23 Å². The van der Waals surface area contributed by atoms with E-state index in [2.05, 4.69) is 4.94 Å². The number of hydrogen-bond donors (Lipinski definition) is 0. The standard InChI is InChI=1S/C8H12F4O/c1-5-2-3-6(8(9,10)11)4-7(5)13-12/h5-7H,2-4H2,1H3. The molecular formula is C8H12F4O. The summed E-state index contributed by atoms with van der Waals surface area (Å²) >= 11 is 0. The van der Waals surface area contributed by atoms with E-state index in [-0.39, 0.29) is 18.8 Å². The third-order valence-electron chi connectivity index (χ3n) is 2.70. The second kappa shape index (κ2) is 3.82. The molecule has 0 aromatic heterocycles. The second-order valence-electron chi connectivity index (χ2n) is 3.66. The number of hydrogen-bond acceptors (Lipinski definition) is 1. The molecule has 1 aliphatic carbocycles. The molecular weight excluding hydrogens is 188 g/mol. The van der Waals surface area contributed by atoms with E-state index in [0.717, 1.165) is 0 Å². The maximum absolute atomic E-state index is 12.2. The van der Waals surface area contributed by atoms with E-state index in [1.165, 1.54) is 0 Å². The molecule has 0 heterocycles. The quantitative estimate of drug-likeness (QED) is 0.590. The van der Waals surface area contributed by atoms with Gasteiger partial charge in [0.15, 0.2) is 0 Å². The Labute approximate surface area is 74.0 Å². The fraction of sp³-hybridized carbons (Fsp3) is 1.00. The molecule has 13 heavy (non-hydrogen) atoms. The predicted molar refractivity (Wildman–Crippen MR) is 38.5 cm³/mol. The van der Waals surface area contributed by atoms with Crippen LogP contribution in [0.4, 0.5) is 17.7 Å². The lowest BCUT2D eigenvalue weighted by atomic mass is 9.80. The van der Waals surface area contributed by atoms with Crippen molar-refractivity contribution in [3.05, 3.63) is 0 Å². The van der Waals surface area contributed by atoms with Gasteiger partial charge in [-0.25, -0.2) is 0 Å². The van der Waals surface area contributed by atoms with Crippen LogP contribution >= 0.6 is 0 Å². The zero-order valence-corrected chi connectivity index (χ0v) is 7.27. The van der Waals surface area contributed by atoms with Crippen LogP contribution in [0.3, 0.4) is 0 Å². The van der Waals surface area contributed by atoms with Gasteiger partial charge in [0.05, 0.1) is 5.92 Å². The summed E-state index contributed by atoms with van der Waals surface area (Å²) in [7, 11) is 0. The van der Waals surface area contributed by atoms with Crippen molar-refractivity contribution in [1.82, 2.24) is 0 Å². The molecule has 1 aliphatic rings. The minimum absolute atomic E-state index is 0.0878. The van der Waals surface area contributed by atoms with Gasteiger partial charge in [0.1, 0.15) is 6.10 Å². The van der Waals surface area contributed by atoms with Crippen LogP contribution in [0, 0.1) is 11.8 Å². The molecule has 0 amide bonds. The monoisotopic (exact) mass is 200 g/mol. The summed E-state index contributed by atoms with van der Waals surface area (Å²) in [6, 6.07) is 0. The normalized spacial score (nSPS) is 36.2. The zero-order valence-electron chi connectivity index (χ0n) is 7.27. The molecule has 78 valence electrons. The molecule has 0 saturated heterocycles. The Morgan fingerprint density at radius 2 is 1.85 bits per heavy atom. The smallest absolute Gasteiger partial charge is 0.191 e. The van der Waals surface area contributed by atoms with Crippen LogP contribution in [0.15, 0.2) is 0 Å². The minimum atomic E-state index is -4.21. The molecule has 1 fully saturated rings. The van der Waals surface area contributed by atoms with E-state index in [4.69, 9.17) is 0 Å². The first-order chi connectivity index (χ1) is 5.95. The average molecular weight is 200 g/mol. The third-order valence-corrected chi connectivity index (χ3v) is 2.70. The fourth-order valence-corrected chi connectivity index (χ4v) is 1.70. The summed E-state index contributed by atoms with van der Waals surface area (Å²) in [6.45, 7) is 1.71. The molecule has 0 radical (unpaired) electrons. The Hall–Kier alpha value is -0.320. The summed E-state index contributed by atoms with van der Waals surface area (Å²) in [5.41, 5.74) is 0. The van der Waals surface area contributed by atoms with Crippen molar-refractivity contribution in [3.63, 3.8) is 0 Å². The maximum Gasteiger partial charge on any atom is 0.391 e. The first kappa shape index (κ1) is 10.8. The van der Waals surface area contributed by atoms with Gasteiger partial charge in [0.25, 0.3) is 0 Å². The lowest BCUT2D eigenvalue weighted by molar-refractivity contribution is -0.240. The Morgan fingerprint density at radius 1 is 1.23 bits per heavy atom. The second-order valence-corrected chi connectivity index (χ2v) is 3.66. The van der Waals surface area contributed by atoms with E-state index in [9.17, 15) is 17.7 Å². The molecule has 1 rings (SSSR count). The first-order valence-corrected chi connectivity index (χ1v) is 4.29. The highest BCUT2D eigenvalue weighted by molar-refractivity contribution is 4.81. The highest BCUT2D eigenvalue weighted by Gasteiger charge is 2.44. The summed E-state index contributed by atoms with van der Waals surface area (Å²) in [4.78, 5) is 3.53. The van der Waals surface area contributed by atoms with Crippen LogP contribution in [0.1, 0.15) is 26.2 Å². The lowest BCUT2D eigenvalue weighted by Crippen LogP contribution is -2.35. The Morgan fingerprint density at radius 3 is 2.31 bits per heavy atom. The fourth-order valence-electron chi connectivity index (χ4n) is 1.70. The molecule has 1 nitrogen and oxygen atoms in total. The molecule has 0 bridgehead atoms. The highest BCUT2D eigenvalue weighted by Crippen LogP contribution is 2.40. The van der Waals surface area contributed by atoms with E-state index in [0.29, 0.717) is 6.42 Å². The van der Waals surface area contributed by atoms with Crippen molar-refractivity contribution in [2.45, 2.75) is 38.5 Å². The van der Waals surface area contributed by atoms with Crippen LogP contribution in [0.25, 0.3) is 0 Å². The molecule has 3 atom stereocenters. The van der Waals surface area contributed by atoms with Gasteiger partial charge in [-0.2, -0.15) is 18.1 Å². The molecule has 0 aliphatic heterocycles. The van der Waals surface area contributed by atoms with Gasteiger partial charge in [-0.15, -0.1) is 0 Å². The van der Waals surface area contributed by atoms with E-state index in [1.807, 2.05) is 0 Å². The Balaban J connectivity index is 2.55. The van der Waals surface area contributed by atoms with Crippen molar-refractivity contribution >= 4 is 0 Å². The van der Waals surface area contributed by atoms with Crippen molar-refractivity contribution in [1.29, 1.82) is 0 Å². The van der Waals surface area contributed by atoms with Crippen LogP contribution in [-0.2, 0) is 4.94 Å². The van der Waals surface area contributed by atoms with Gasteiger partial charge in [0, 0.05) is 0 Å². The van der Waals surface area contributed by atoms with Crippen molar-refractivity contribution in [3.8, 4) is 0 Å². The van der Waals surface area contributed by atoms with Gasteiger partial charge in [0.2, 0.25) is 0 Å². The third kappa shape index (κ3) is 2.56. The summed E-state index contributed by atoms with van der Waals surface area (Å²) in [6.07, 6.45) is -4.89. The Kier molecular flexibility index (Phi) is 3.16. The van der Waals surface area contributed by atoms with Crippen molar-refractivity contribution in [2.24, 2.45) is 11.8 Å². The number of halogens is 4. The highest BCUT2D eigenvalue weighted by atomic mass is 19.4. The molecule has 3 unspecified atom stereocenters. The molecule has 0 N–H and O–H groups in total. The SMILES string of the molecule is CC1CCC(C(F)(F)F)CC1OF. The van der Waals surface area contributed by atoms with Gasteiger partial charge in [-0.3, -0.25) is 0 Å². The van der Waals surface area contributed by atoms with E-state index in [1.54, 1.807) is 6.92 Å². The molecule has 0 aromatic rings. The average Bonchev–Trinajstić information content (AvgIpc) is 2.03. The zero-order chi connectivity index (χ0) is 10.1. The predicted octanol–water partition coefficient (Wildman–Crippen LogP) is 3.25. The van der Waals surface area contributed by atoms with Gasteiger partial charge < -0.3 is 0 Å². The first-order valence-electron chi connectivity index (χ1n) is 4.29. The number of alkyl halides is 3. The van der Waals surface area contributed by atoms with Crippen molar-refractivity contribution < 1.29 is 22.6 Å². The minimum Gasteiger partial charge on any atom is -0.191 e. The van der Waals surface area contributed by atoms with E-state index >= 15 is 0 Å². The molecule has 1 saturated carbocycles.